The molecule has 2 nitrogen and oxygen atoms in total. The van der Waals surface area contributed by atoms with Crippen LogP contribution < -0.4 is 10.1 Å². The molecular formula is C20H14BrCl2F2NO. The van der Waals surface area contributed by atoms with Gasteiger partial charge in [0.15, 0.2) is 0 Å². The van der Waals surface area contributed by atoms with Gasteiger partial charge in [-0.1, -0.05) is 45.2 Å². The topological polar surface area (TPSA) is 21.3 Å². The summed E-state index contributed by atoms with van der Waals surface area (Å²) in [7, 11) is 0. The average molecular weight is 473 g/mol. The monoisotopic (exact) mass is 471 g/mol. The highest BCUT2D eigenvalue weighted by molar-refractivity contribution is 9.10. The van der Waals surface area contributed by atoms with Crippen molar-refractivity contribution in [3.63, 3.8) is 0 Å². The second kappa shape index (κ2) is 8.91. The molecule has 140 valence electrons. The molecule has 0 saturated carbocycles. The van der Waals surface area contributed by atoms with Crippen molar-refractivity contribution in [2.75, 3.05) is 5.32 Å². The quantitative estimate of drug-likeness (QED) is 0.408. The van der Waals surface area contributed by atoms with Gasteiger partial charge in [0.05, 0.1) is 10.0 Å². The molecule has 0 aliphatic carbocycles. The van der Waals surface area contributed by atoms with E-state index in [1.807, 2.05) is 18.2 Å². The highest BCUT2D eigenvalue weighted by Gasteiger charge is 2.09. The first-order valence-corrected chi connectivity index (χ1v) is 9.51. The van der Waals surface area contributed by atoms with Crippen molar-refractivity contribution in [3.05, 3.63) is 91.9 Å². The summed E-state index contributed by atoms with van der Waals surface area (Å²) in [5, 5.41) is 3.55. The Labute approximate surface area is 174 Å². The van der Waals surface area contributed by atoms with Crippen molar-refractivity contribution in [1.29, 1.82) is 0 Å². The van der Waals surface area contributed by atoms with E-state index >= 15 is 0 Å². The molecule has 1 N–H and O–H groups in total. The summed E-state index contributed by atoms with van der Waals surface area (Å²) in [5.41, 5.74) is 2.25. The fourth-order valence-electron chi connectivity index (χ4n) is 2.42. The lowest BCUT2D eigenvalue weighted by Gasteiger charge is -2.14. The Bertz CT molecular complexity index is 969. The van der Waals surface area contributed by atoms with Crippen LogP contribution in [0, 0.1) is 11.6 Å². The second-order valence-corrected chi connectivity index (χ2v) is 7.49. The summed E-state index contributed by atoms with van der Waals surface area (Å²) in [6.45, 7) is 0.643. The Balaban J connectivity index is 1.73. The van der Waals surface area contributed by atoms with Crippen molar-refractivity contribution < 1.29 is 13.5 Å². The third kappa shape index (κ3) is 5.34. The van der Waals surface area contributed by atoms with E-state index in [1.54, 1.807) is 12.1 Å². The smallest absolute Gasteiger partial charge is 0.141 e. The van der Waals surface area contributed by atoms with Crippen molar-refractivity contribution in [2.45, 2.75) is 13.2 Å². The Hall–Kier alpha value is -1.82. The first-order valence-electron chi connectivity index (χ1n) is 7.96. The molecular weight excluding hydrogens is 459 g/mol. The number of anilines is 1. The van der Waals surface area contributed by atoms with E-state index in [-0.39, 0.29) is 11.6 Å². The largest absolute Gasteiger partial charge is 0.488 e. The van der Waals surface area contributed by atoms with Gasteiger partial charge in [0.2, 0.25) is 0 Å². The molecule has 0 saturated heterocycles. The molecule has 0 amide bonds. The van der Waals surface area contributed by atoms with Crippen LogP contribution in [0.2, 0.25) is 10.0 Å². The summed E-state index contributed by atoms with van der Waals surface area (Å²) in [6, 6.07) is 14.2. The minimum absolute atomic E-state index is 0.0525. The molecule has 3 rings (SSSR count). The van der Waals surface area contributed by atoms with Gasteiger partial charge in [-0.05, 0) is 48.5 Å². The lowest BCUT2D eigenvalue weighted by molar-refractivity contribution is 0.303. The summed E-state index contributed by atoms with van der Waals surface area (Å²) in [6.07, 6.45) is 0. The molecule has 0 radical (unpaired) electrons. The van der Waals surface area contributed by atoms with Crippen LogP contribution in [0.5, 0.6) is 5.75 Å². The normalized spacial score (nSPS) is 10.7. The molecule has 0 bridgehead atoms. The van der Waals surface area contributed by atoms with Crippen molar-refractivity contribution >= 4 is 44.8 Å². The number of hydrogen-bond donors (Lipinski definition) is 1. The molecule has 0 aromatic heterocycles. The molecule has 27 heavy (non-hydrogen) atoms. The summed E-state index contributed by atoms with van der Waals surface area (Å²) >= 11 is 15.3. The Morgan fingerprint density at radius 2 is 1.70 bits per heavy atom. The zero-order valence-corrected chi connectivity index (χ0v) is 17.0. The van der Waals surface area contributed by atoms with Gasteiger partial charge in [0.25, 0.3) is 0 Å². The maximum atomic E-state index is 13.3. The van der Waals surface area contributed by atoms with E-state index in [4.69, 9.17) is 27.9 Å². The highest BCUT2D eigenvalue weighted by Crippen LogP contribution is 2.27. The van der Waals surface area contributed by atoms with E-state index in [2.05, 4.69) is 21.2 Å². The predicted molar refractivity (Wildman–Crippen MR) is 109 cm³/mol. The number of hydrogen-bond acceptors (Lipinski definition) is 2. The Morgan fingerprint density at radius 1 is 0.889 bits per heavy atom. The van der Waals surface area contributed by atoms with Crippen LogP contribution in [0.1, 0.15) is 11.1 Å². The zero-order valence-electron chi connectivity index (χ0n) is 13.9. The maximum absolute atomic E-state index is 13.3. The van der Waals surface area contributed by atoms with Crippen LogP contribution in [0.15, 0.2) is 59.1 Å². The number of ether oxygens (including phenoxy) is 1. The first-order chi connectivity index (χ1) is 12.9. The number of nitrogens with one attached hydrogen (secondary N) is 1. The van der Waals surface area contributed by atoms with Gasteiger partial charge in [-0.2, -0.15) is 0 Å². The first kappa shape index (κ1) is 19.9. The van der Waals surface area contributed by atoms with Crippen molar-refractivity contribution in [2.24, 2.45) is 0 Å². The molecule has 7 heteroatoms. The molecule has 0 fully saturated rings. The minimum Gasteiger partial charge on any atom is -0.488 e. The highest BCUT2D eigenvalue weighted by atomic mass is 79.9. The van der Waals surface area contributed by atoms with Crippen LogP contribution in [-0.2, 0) is 13.2 Å². The summed E-state index contributed by atoms with van der Waals surface area (Å²) < 4.78 is 33.2. The molecule has 0 heterocycles. The predicted octanol–water partition coefficient (Wildman–Crippen LogP) is 7.23. The van der Waals surface area contributed by atoms with E-state index in [0.29, 0.717) is 28.6 Å². The van der Waals surface area contributed by atoms with Gasteiger partial charge in [0, 0.05) is 27.8 Å². The van der Waals surface area contributed by atoms with Gasteiger partial charge in [0.1, 0.15) is 24.0 Å². The number of halogens is 5. The van der Waals surface area contributed by atoms with Crippen molar-refractivity contribution in [3.8, 4) is 5.75 Å². The van der Waals surface area contributed by atoms with Crippen LogP contribution in [0.4, 0.5) is 14.5 Å². The van der Waals surface area contributed by atoms with Gasteiger partial charge >= 0.3 is 0 Å². The van der Waals surface area contributed by atoms with E-state index in [1.165, 1.54) is 24.3 Å². The van der Waals surface area contributed by atoms with Crippen LogP contribution >= 0.6 is 39.1 Å². The SMILES string of the molecule is Fc1ccc(COc2ccc(Br)cc2CNc2ccc(F)c(Cl)c2)c(Cl)c1. The standard InChI is InChI=1S/C20H14BrCl2F2NO/c21-14-2-6-20(27-11-12-1-3-15(24)8-17(12)22)13(7-14)10-26-16-4-5-19(25)18(23)9-16/h1-9,26H,10-11H2. The number of benzene rings is 3. The molecule has 0 spiro atoms. The fourth-order valence-corrected chi connectivity index (χ4v) is 3.24. The summed E-state index contributed by atoms with van der Waals surface area (Å²) in [4.78, 5) is 0. The molecule has 0 atom stereocenters. The molecule has 3 aromatic rings. The maximum Gasteiger partial charge on any atom is 0.141 e. The lowest BCUT2D eigenvalue weighted by atomic mass is 10.2. The van der Waals surface area contributed by atoms with E-state index in [0.717, 1.165) is 10.0 Å². The molecule has 0 aliphatic rings. The van der Waals surface area contributed by atoms with Gasteiger partial charge < -0.3 is 10.1 Å². The zero-order chi connectivity index (χ0) is 19.4. The van der Waals surface area contributed by atoms with Gasteiger partial charge in [-0.3, -0.25) is 0 Å². The van der Waals surface area contributed by atoms with Crippen LogP contribution in [-0.4, -0.2) is 0 Å². The molecule has 3 aromatic carbocycles. The summed E-state index contributed by atoms with van der Waals surface area (Å²) in [5.74, 6) is -0.209. The second-order valence-electron chi connectivity index (χ2n) is 5.76. The van der Waals surface area contributed by atoms with E-state index < -0.39 is 11.6 Å². The van der Waals surface area contributed by atoms with Crippen LogP contribution in [0.3, 0.4) is 0 Å². The molecule has 0 unspecified atom stereocenters. The van der Waals surface area contributed by atoms with Crippen molar-refractivity contribution in [1.82, 2.24) is 0 Å². The Kier molecular flexibility index (Phi) is 6.58. The minimum atomic E-state index is -0.468. The average Bonchev–Trinajstić information content (AvgIpc) is 2.63. The third-order valence-electron chi connectivity index (χ3n) is 3.82. The molecule has 0 aliphatic heterocycles. The number of rotatable bonds is 6. The lowest BCUT2D eigenvalue weighted by Crippen LogP contribution is -2.04. The van der Waals surface area contributed by atoms with Gasteiger partial charge in [-0.25, -0.2) is 8.78 Å². The van der Waals surface area contributed by atoms with Gasteiger partial charge in [-0.15, -0.1) is 0 Å². The Morgan fingerprint density at radius 3 is 2.44 bits per heavy atom. The van der Waals surface area contributed by atoms with E-state index in [9.17, 15) is 8.78 Å². The fraction of sp³-hybridized carbons (Fsp3) is 0.100. The van der Waals surface area contributed by atoms with Crippen LogP contribution in [0.25, 0.3) is 0 Å². The third-order valence-corrected chi connectivity index (χ3v) is 4.96.